The molecule has 0 fully saturated rings. The number of alkyl halides is 6. The summed E-state index contributed by atoms with van der Waals surface area (Å²) in [7, 11) is 3.12. The first-order valence-electron chi connectivity index (χ1n) is 17.3. The van der Waals surface area contributed by atoms with Gasteiger partial charge in [0.1, 0.15) is 35.3 Å². The van der Waals surface area contributed by atoms with Crippen molar-refractivity contribution in [3.63, 3.8) is 0 Å². The molecule has 4 atom stereocenters. The lowest BCUT2D eigenvalue weighted by molar-refractivity contribution is -0.275. The monoisotopic (exact) mass is 786 g/mol. The van der Waals surface area contributed by atoms with E-state index in [2.05, 4.69) is 20.1 Å². The highest BCUT2D eigenvalue weighted by molar-refractivity contribution is 6.04. The van der Waals surface area contributed by atoms with Crippen LogP contribution in [0.25, 0.3) is 0 Å². The highest BCUT2D eigenvalue weighted by Crippen LogP contribution is 2.46. The lowest BCUT2D eigenvalue weighted by Crippen LogP contribution is -2.49. The topological polar surface area (TPSA) is 154 Å². The van der Waals surface area contributed by atoms with Gasteiger partial charge in [-0.2, -0.15) is 0 Å². The van der Waals surface area contributed by atoms with Crippen molar-refractivity contribution in [2.24, 2.45) is 11.5 Å². The molecule has 2 amide bonds. The molecule has 0 unspecified atom stereocenters. The fraction of sp³-hybridized carbons (Fsp3) is 0.316. The van der Waals surface area contributed by atoms with Crippen molar-refractivity contribution in [3.8, 4) is 23.0 Å². The molecule has 18 heteroatoms. The van der Waals surface area contributed by atoms with Crippen LogP contribution in [-0.2, 0) is 0 Å². The molecule has 0 bridgehead atoms. The smallest absolute Gasteiger partial charge is 0.497 e. The maximum absolute atomic E-state index is 12.7. The molecule has 56 heavy (non-hydrogen) atoms. The van der Waals surface area contributed by atoms with Gasteiger partial charge in [-0.05, 0) is 83.6 Å². The van der Waals surface area contributed by atoms with Crippen LogP contribution in [0.5, 0.6) is 23.0 Å². The molecule has 0 spiro atoms. The second kappa shape index (κ2) is 14.6. The maximum Gasteiger partial charge on any atom is 0.573 e. The van der Waals surface area contributed by atoms with Crippen LogP contribution in [0.1, 0.15) is 80.2 Å². The van der Waals surface area contributed by atoms with Crippen LogP contribution in [-0.4, -0.2) is 51.8 Å². The van der Waals surface area contributed by atoms with Gasteiger partial charge in [-0.1, -0.05) is 24.3 Å². The van der Waals surface area contributed by atoms with Crippen molar-refractivity contribution in [2.75, 3.05) is 37.1 Å². The van der Waals surface area contributed by atoms with Gasteiger partial charge in [0.25, 0.3) is 11.8 Å². The van der Waals surface area contributed by atoms with Gasteiger partial charge in [-0.15, -0.1) is 26.3 Å². The van der Waals surface area contributed by atoms with Gasteiger partial charge in [0.05, 0.1) is 36.7 Å². The minimum Gasteiger partial charge on any atom is -0.497 e. The quantitative estimate of drug-likeness (QED) is 0.160. The van der Waals surface area contributed by atoms with Crippen LogP contribution in [0.4, 0.5) is 37.7 Å². The van der Waals surface area contributed by atoms with Crippen molar-refractivity contribution in [1.82, 2.24) is 10.6 Å². The Hall–Kier alpha value is -5.88. The molecule has 0 aromatic heterocycles. The van der Waals surface area contributed by atoms with E-state index in [0.717, 1.165) is 23.3 Å². The van der Waals surface area contributed by atoms with Crippen molar-refractivity contribution >= 4 is 23.2 Å². The minimum atomic E-state index is -4.85. The third-order valence-electron chi connectivity index (χ3n) is 9.94. The van der Waals surface area contributed by atoms with Gasteiger partial charge in [0.15, 0.2) is 0 Å². The van der Waals surface area contributed by atoms with Gasteiger partial charge in [0.2, 0.25) is 0 Å². The molecule has 0 saturated heterocycles. The Labute approximate surface area is 316 Å². The summed E-state index contributed by atoms with van der Waals surface area (Å²) in [6.45, 7) is 1.11. The van der Waals surface area contributed by atoms with Crippen molar-refractivity contribution in [3.05, 3.63) is 106 Å². The Morgan fingerprint density at radius 2 is 0.946 bits per heavy atom. The molecule has 4 aliphatic rings. The minimum absolute atomic E-state index is 0.122. The van der Waals surface area contributed by atoms with E-state index < -0.39 is 60.5 Å². The SMILES string of the molecule is COc1ccc([C@@H]2NC(=O)c3cc(OC(F)(F)F)cc4c3N2CC[C@H]4N)cc1.COc1ccc([C@H]2NC(=O)c3cc(OC(F)(F)F)cc4c3N2CC[C@@H]4N)cc1. The normalized spacial score (nSPS) is 21.0. The second-order valence-corrected chi connectivity index (χ2v) is 13.4. The second-order valence-electron chi connectivity index (χ2n) is 13.4. The lowest BCUT2D eigenvalue weighted by Gasteiger charge is -2.44. The highest BCUT2D eigenvalue weighted by atomic mass is 19.4. The van der Waals surface area contributed by atoms with Crippen LogP contribution >= 0.6 is 0 Å². The van der Waals surface area contributed by atoms with E-state index in [4.69, 9.17) is 20.9 Å². The fourth-order valence-corrected chi connectivity index (χ4v) is 7.46. The number of amides is 2. The first-order valence-corrected chi connectivity index (χ1v) is 17.3. The van der Waals surface area contributed by atoms with E-state index in [1.54, 1.807) is 38.5 Å². The number of ether oxygens (including phenoxy) is 4. The zero-order valence-electron chi connectivity index (χ0n) is 29.8. The Kier molecular flexibility index (Phi) is 10.0. The highest BCUT2D eigenvalue weighted by Gasteiger charge is 2.41. The predicted molar refractivity (Wildman–Crippen MR) is 190 cm³/mol. The van der Waals surface area contributed by atoms with E-state index in [0.29, 0.717) is 59.9 Å². The Bertz CT molecular complexity index is 1980. The van der Waals surface area contributed by atoms with E-state index in [-0.39, 0.29) is 11.1 Å². The first kappa shape index (κ1) is 38.4. The Morgan fingerprint density at radius 1 is 0.589 bits per heavy atom. The number of hydrogen-bond donors (Lipinski definition) is 4. The molecule has 4 aliphatic heterocycles. The number of hydrogen-bond acceptors (Lipinski definition) is 10. The Balaban J connectivity index is 0.000000172. The summed E-state index contributed by atoms with van der Waals surface area (Å²) in [4.78, 5) is 29.3. The number of nitrogens with zero attached hydrogens (tertiary/aromatic N) is 2. The largest absolute Gasteiger partial charge is 0.573 e. The average Bonchev–Trinajstić information content (AvgIpc) is 3.15. The Morgan fingerprint density at radius 3 is 1.27 bits per heavy atom. The summed E-state index contributed by atoms with van der Waals surface area (Å²) < 4.78 is 94.4. The number of halogens is 6. The summed E-state index contributed by atoms with van der Waals surface area (Å²) >= 11 is 0. The van der Waals surface area contributed by atoms with E-state index in [1.165, 1.54) is 12.1 Å². The summed E-state index contributed by atoms with van der Waals surface area (Å²) in [6, 6.07) is 18.3. The molecule has 6 N–H and O–H groups in total. The molecule has 296 valence electrons. The molecule has 4 aromatic carbocycles. The number of nitrogens with two attached hydrogens (primary N) is 2. The molecule has 4 heterocycles. The number of methoxy groups -OCH3 is 2. The summed E-state index contributed by atoms with van der Waals surface area (Å²) in [5, 5.41) is 5.72. The predicted octanol–water partition coefficient (Wildman–Crippen LogP) is 6.49. The number of rotatable bonds is 6. The van der Waals surface area contributed by atoms with Crippen molar-refractivity contribution in [2.45, 2.75) is 50.0 Å². The first-order chi connectivity index (χ1) is 26.5. The fourth-order valence-electron chi connectivity index (χ4n) is 7.46. The number of anilines is 2. The van der Waals surface area contributed by atoms with Crippen LogP contribution in [0.3, 0.4) is 0 Å². The molecule has 0 saturated carbocycles. The van der Waals surface area contributed by atoms with Gasteiger partial charge in [-0.3, -0.25) is 9.59 Å². The molecule has 12 nitrogen and oxygen atoms in total. The molecule has 0 aliphatic carbocycles. The molecule has 8 rings (SSSR count). The average molecular weight is 787 g/mol. The third-order valence-corrected chi connectivity index (χ3v) is 9.94. The van der Waals surface area contributed by atoms with Gasteiger partial charge < -0.3 is 50.8 Å². The van der Waals surface area contributed by atoms with Crippen LogP contribution in [0.15, 0.2) is 72.8 Å². The van der Waals surface area contributed by atoms with E-state index in [1.807, 2.05) is 34.1 Å². The molecule has 4 aromatic rings. The van der Waals surface area contributed by atoms with Crippen LogP contribution < -0.4 is 50.8 Å². The maximum atomic E-state index is 12.7. The zero-order chi connectivity index (χ0) is 40.1. The number of benzene rings is 4. The number of nitrogens with one attached hydrogen (secondary N) is 2. The molecular formula is C38H36F6N6O6. The van der Waals surface area contributed by atoms with E-state index in [9.17, 15) is 35.9 Å². The number of carbonyl (C=O) groups is 2. The molecule has 0 radical (unpaired) electrons. The van der Waals surface area contributed by atoms with Gasteiger partial charge in [-0.25, -0.2) is 0 Å². The van der Waals surface area contributed by atoms with Crippen LogP contribution in [0, 0.1) is 0 Å². The summed E-state index contributed by atoms with van der Waals surface area (Å²) in [5.41, 5.74) is 16.2. The molecular weight excluding hydrogens is 750 g/mol. The third kappa shape index (κ3) is 7.66. The zero-order valence-corrected chi connectivity index (χ0v) is 29.8. The van der Waals surface area contributed by atoms with Crippen LogP contribution in [0.2, 0.25) is 0 Å². The lowest BCUT2D eigenvalue weighted by atomic mass is 9.90. The van der Waals surface area contributed by atoms with Crippen molar-refractivity contribution in [1.29, 1.82) is 0 Å². The summed E-state index contributed by atoms with van der Waals surface area (Å²) in [5.74, 6) is -0.485. The van der Waals surface area contributed by atoms with Crippen molar-refractivity contribution < 1.29 is 54.9 Å². The van der Waals surface area contributed by atoms with E-state index >= 15 is 0 Å². The van der Waals surface area contributed by atoms with Gasteiger partial charge >= 0.3 is 12.7 Å². The standard InChI is InChI=1S/2C19H18F3N3O3/c2*1-27-11-4-2-10(3-5-11)17-24-18(26)14-9-12(28-19(20,21)22)8-13-15(23)6-7-25(17)16(13)14/h2*2-5,8-9,15,17H,6-7,23H2,1H3,(H,24,26)/t2*15-,17-/m10/s1. The van der Waals surface area contributed by atoms with Gasteiger partial charge in [0, 0.05) is 25.2 Å². The number of carbonyl (C=O) groups excluding carboxylic acids is 2. The summed E-state index contributed by atoms with van der Waals surface area (Å²) in [6.07, 6.45) is -9.54.